The fourth-order valence-corrected chi connectivity index (χ4v) is 5.44. The van der Waals surface area contributed by atoms with E-state index in [1.165, 1.54) is 12.8 Å². The van der Waals surface area contributed by atoms with Crippen molar-refractivity contribution in [1.82, 2.24) is 29.5 Å². The Bertz CT molecular complexity index is 1340. The Morgan fingerprint density at radius 2 is 1.91 bits per heavy atom. The van der Waals surface area contributed by atoms with Gasteiger partial charge < -0.3 is 14.4 Å². The quantitative estimate of drug-likeness (QED) is 0.478. The number of imidazole rings is 1. The fraction of sp³-hybridized carbons (Fsp3) is 0.417. The van der Waals surface area contributed by atoms with Crippen molar-refractivity contribution in [1.29, 1.82) is 0 Å². The van der Waals surface area contributed by atoms with E-state index in [1.807, 2.05) is 36.7 Å². The van der Waals surface area contributed by atoms with Crippen LogP contribution in [0.25, 0.3) is 10.9 Å². The largest absolute Gasteiger partial charge is 0.481 e. The van der Waals surface area contributed by atoms with E-state index in [2.05, 4.69) is 15.3 Å². The molecule has 9 heteroatoms. The third-order valence-corrected chi connectivity index (χ3v) is 7.38. The van der Waals surface area contributed by atoms with Crippen molar-refractivity contribution in [2.45, 2.75) is 44.1 Å². The molecule has 0 bridgehead atoms. The van der Waals surface area contributed by atoms with Crippen molar-refractivity contribution in [2.75, 3.05) is 7.11 Å². The first-order chi connectivity index (χ1) is 15.9. The van der Waals surface area contributed by atoms with E-state index in [0.717, 1.165) is 29.6 Å². The van der Waals surface area contributed by atoms with Gasteiger partial charge in [-0.25, -0.2) is 14.6 Å². The maximum atomic E-state index is 12.3. The summed E-state index contributed by atoms with van der Waals surface area (Å²) in [5.41, 5.74) is 1.91. The number of aromatic nitrogens is 6. The molecule has 0 saturated heterocycles. The Balaban J connectivity index is 1.77. The van der Waals surface area contributed by atoms with Crippen LogP contribution in [0, 0.1) is 6.92 Å². The number of fused-ring (bicyclic) bond motifs is 1. The summed E-state index contributed by atoms with van der Waals surface area (Å²) in [6.07, 6.45) is 7.75. The predicted molar refractivity (Wildman–Crippen MR) is 126 cm³/mol. The molecule has 4 aromatic rings. The third-order valence-electron chi connectivity index (χ3n) is 6.97. The van der Waals surface area contributed by atoms with Crippen molar-refractivity contribution in [2.24, 2.45) is 14.1 Å². The Kier molecular flexibility index (Phi) is 5.37. The lowest BCUT2D eigenvalue weighted by Crippen LogP contribution is -2.33. The maximum Gasteiger partial charge on any atom is 0.218 e. The Morgan fingerprint density at radius 1 is 1.15 bits per heavy atom. The van der Waals surface area contributed by atoms with Crippen LogP contribution in [0.5, 0.6) is 5.88 Å². The topological polar surface area (TPSA) is 90.9 Å². The van der Waals surface area contributed by atoms with Gasteiger partial charge in [0.25, 0.3) is 0 Å². The van der Waals surface area contributed by atoms with Gasteiger partial charge in [-0.1, -0.05) is 35.7 Å². The highest BCUT2D eigenvalue weighted by molar-refractivity contribution is 6.36. The number of hydrogen-bond donors (Lipinski definition) is 1. The van der Waals surface area contributed by atoms with Gasteiger partial charge in [0.15, 0.2) is 5.60 Å². The highest BCUT2D eigenvalue weighted by Gasteiger charge is 2.40. The first kappa shape index (κ1) is 21.9. The van der Waals surface area contributed by atoms with Crippen molar-refractivity contribution in [3.05, 3.63) is 64.0 Å². The molecule has 1 aliphatic rings. The van der Waals surface area contributed by atoms with Crippen molar-refractivity contribution in [3.63, 3.8) is 0 Å². The van der Waals surface area contributed by atoms with Gasteiger partial charge in [-0.15, -0.1) is 5.10 Å². The summed E-state index contributed by atoms with van der Waals surface area (Å²) in [5.74, 6) is 1.70. The van der Waals surface area contributed by atoms with Crippen LogP contribution in [-0.4, -0.2) is 41.7 Å². The average Bonchev–Trinajstić information content (AvgIpc) is 3.56. The summed E-state index contributed by atoms with van der Waals surface area (Å²) >= 11 is 7.02. The van der Waals surface area contributed by atoms with Crippen LogP contribution in [0.2, 0.25) is 5.02 Å². The van der Waals surface area contributed by atoms with Gasteiger partial charge in [0.05, 0.1) is 35.7 Å². The van der Waals surface area contributed by atoms with Crippen LogP contribution < -0.4 is 4.74 Å². The van der Waals surface area contributed by atoms with Crippen LogP contribution in [0.15, 0.2) is 30.6 Å². The minimum atomic E-state index is -1.54. The number of aliphatic hydroxyl groups is 1. The summed E-state index contributed by atoms with van der Waals surface area (Å²) < 4.78 is 9.07. The monoisotopic (exact) mass is 466 g/mol. The second kappa shape index (κ2) is 8.11. The number of rotatable bonds is 5. The molecule has 0 spiro atoms. The Hall–Kier alpha value is -2.97. The van der Waals surface area contributed by atoms with Gasteiger partial charge in [-0.3, -0.25) is 0 Å². The van der Waals surface area contributed by atoms with Gasteiger partial charge in [-0.2, -0.15) is 0 Å². The second-order valence-electron chi connectivity index (χ2n) is 8.76. The van der Waals surface area contributed by atoms with E-state index in [-0.39, 0.29) is 0 Å². The molecule has 1 aromatic carbocycles. The molecule has 1 fully saturated rings. The summed E-state index contributed by atoms with van der Waals surface area (Å²) in [6.45, 7) is 1.90. The summed E-state index contributed by atoms with van der Waals surface area (Å²) in [6, 6.07) is 5.64. The number of aryl methyl sites for hydroxylation is 2. The zero-order chi connectivity index (χ0) is 23.3. The number of hydrogen-bond acceptors (Lipinski definition) is 6. The lowest BCUT2D eigenvalue weighted by Gasteiger charge is -2.29. The molecule has 1 atom stereocenters. The SMILES string of the molecule is COc1nc2ccc([C@](O)(c3cnnn3C)c3cnc(C)n3C)cc2c(Cl)c1C1CCCC1. The van der Waals surface area contributed by atoms with E-state index < -0.39 is 5.60 Å². The number of pyridine rings is 1. The number of benzene rings is 1. The smallest absolute Gasteiger partial charge is 0.218 e. The number of methoxy groups -OCH3 is 1. The zero-order valence-electron chi connectivity index (χ0n) is 19.2. The molecule has 0 radical (unpaired) electrons. The van der Waals surface area contributed by atoms with Crippen LogP contribution in [0.1, 0.15) is 59.9 Å². The lowest BCUT2D eigenvalue weighted by atomic mass is 9.86. The van der Waals surface area contributed by atoms with Crippen molar-refractivity contribution < 1.29 is 9.84 Å². The number of ether oxygens (including phenoxy) is 1. The molecule has 3 heterocycles. The van der Waals surface area contributed by atoms with Crippen LogP contribution in [0.3, 0.4) is 0 Å². The molecule has 3 aromatic heterocycles. The second-order valence-corrected chi connectivity index (χ2v) is 9.14. The first-order valence-electron chi connectivity index (χ1n) is 11.1. The molecule has 1 N–H and O–H groups in total. The molecule has 1 saturated carbocycles. The van der Waals surface area contributed by atoms with E-state index in [4.69, 9.17) is 21.3 Å². The van der Waals surface area contributed by atoms with E-state index >= 15 is 0 Å². The Morgan fingerprint density at radius 3 is 2.52 bits per heavy atom. The third kappa shape index (κ3) is 3.31. The van der Waals surface area contributed by atoms with Crippen molar-refractivity contribution >= 4 is 22.5 Å². The van der Waals surface area contributed by atoms with Crippen LogP contribution in [0.4, 0.5) is 0 Å². The molecule has 0 aliphatic heterocycles. The first-order valence-corrected chi connectivity index (χ1v) is 11.5. The van der Waals surface area contributed by atoms with Crippen LogP contribution >= 0.6 is 11.6 Å². The van der Waals surface area contributed by atoms with Crippen LogP contribution in [-0.2, 0) is 19.7 Å². The van der Waals surface area contributed by atoms with E-state index in [9.17, 15) is 5.11 Å². The summed E-state index contributed by atoms with van der Waals surface area (Å²) in [5, 5.41) is 21.8. The summed E-state index contributed by atoms with van der Waals surface area (Å²) in [7, 11) is 5.27. The van der Waals surface area contributed by atoms with E-state index in [0.29, 0.717) is 39.3 Å². The standard InChI is InChI=1S/C24H27ClN6O2/c1-14-26-12-19(30(14)2)24(32,20-13-27-29-31(20)3)16-9-10-18-17(11-16)22(25)21(23(28-18)33-4)15-7-5-6-8-15/h9-13,15,32H,5-8H2,1-4H3/t24-/m1/s1. The van der Waals surface area contributed by atoms with Gasteiger partial charge in [-0.05, 0) is 43.4 Å². The maximum absolute atomic E-state index is 12.3. The predicted octanol–water partition coefficient (Wildman–Crippen LogP) is 4.01. The number of halogens is 1. The molecule has 8 nitrogen and oxygen atoms in total. The van der Waals surface area contributed by atoms with Crippen molar-refractivity contribution in [3.8, 4) is 5.88 Å². The molecule has 1 aliphatic carbocycles. The fourth-order valence-electron chi connectivity index (χ4n) is 5.05. The molecule has 172 valence electrons. The minimum absolute atomic E-state index is 0.327. The number of nitrogens with zero attached hydrogens (tertiary/aromatic N) is 6. The van der Waals surface area contributed by atoms with Gasteiger partial charge in [0.2, 0.25) is 5.88 Å². The van der Waals surface area contributed by atoms with Gasteiger partial charge in [0.1, 0.15) is 11.5 Å². The molecule has 0 unspecified atom stereocenters. The molecule has 5 rings (SSSR count). The van der Waals surface area contributed by atoms with E-state index in [1.54, 1.807) is 31.2 Å². The summed E-state index contributed by atoms with van der Waals surface area (Å²) in [4.78, 5) is 9.18. The molecule has 33 heavy (non-hydrogen) atoms. The molecule has 0 amide bonds. The lowest BCUT2D eigenvalue weighted by molar-refractivity contribution is 0.108. The van der Waals surface area contributed by atoms with Gasteiger partial charge in [0, 0.05) is 25.0 Å². The molecular formula is C24H27ClN6O2. The Labute approximate surface area is 197 Å². The highest BCUT2D eigenvalue weighted by Crippen LogP contribution is 2.45. The van der Waals surface area contributed by atoms with Gasteiger partial charge >= 0.3 is 0 Å². The highest BCUT2D eigenvalue weighted by atomic mass is 35.5. The molecular weight excluding hydrogens is 440 g/mol. The minimum Gasteiger partial charge on any atom is -0.481 e. The normalized spacial score (nSPS) is 16.4. The zero-order valence-corrected chi connectivity index (χ0v) is 20.0. The average molecular weight is 467 g/mol.